The molecule has 9 atom stereocenters. The summed E-state index contributed by atoms with van der Waals surface area (Å²) in [6.45, 7) is 19.8. The second-order valence-electron chi connectivity index (χ2n) is 14.0. The average Bonchev–Trinajstić information content (AvgIpc) is 3.06. The number of aliphatic hydroxyl groups excluding tert-OH is 1. The quantitative estimate of drug-likeness (QED) is 0.437. The van der Waals surface area contributed by atoms with E-state index in [1.165, 1.54) is 51.4 Å². The molecule has 0 bridgehead atoms. The topological polar surface area (TPSA) is 20.2 Å². The monoisotopic (exact) mass is 428 g/mol. The molecular formula is C30H52O. The Balaban J connectivity index is 1.54. The Morgan fingerprint density at radius 3 is 2.19 bits per heavy atom. The highest BCUT2D eigenvalue weighted by molar-refractivity contribution is 5.28. The van der Waals surface area contributed by atoms with Crippen molar-refractivity contribution in [3.05, 3.63) is 11.6 Å². The van der Waals surface area contributed by atoms with Gasteiger partial charge < -0.3 is 5.11 Å². The van der Waals surface area contributed by atoms with E-state index in [1.807, 2.05) is 5.57 Å². The van der Waals surface area contributed by atoms with Crippen molar-refractivity contribution < 1.29 is 5.11 Å². The molecule has 4 aliphatic rings. The van der Waals surface area contributed by atoms with Crippen LogP contribution in [0.1, 0.15) is 113 Å². The van der Waals surface area contributed by atoms with Gasteiger partial charge in [0.05, 0.1) is 6.10 Å². The maximum Gasteiger partial charge on any atom is 0.0594 e. The van der Waals surface area contributed by atoms with Gasteiger partial charge in [0.2, 0.25) is 0 Å². The maximum absolute atomic E-state index is 10.8. The summed E-state index contributed by atoms with van der Waals surface area (Å²) in [4.78, 5) is 0. The third-order valence-electron chi connectivity index (χ3n) is 12.0. The third kappa shape index (κ3) is 3.68. The summed E-state index contributed by atoms with van der Waals surface area (Å²) >= 11 is 0. The van der Waals surface area contributed by atoms with Gasteiger partial charge in [0.1, 0.15) is 0 Å². The van der Waals surface area contributed by atoms with Gasteiger partial charge in [-0.2, -0.15) is 0 Å². The first-order chi connectivity index (χ1) is 14.4. The van der Waals surface area contributed by atoms with E-state index in [9.17, 15) is 5.11 Å². The minimum absolute atomic E-state index is 0.0512. The molecule has 0 radical (unpaired) electrons. The Morgan fingerprint density at radius 2 is 1.52 bits per heavy atom. The Morgan fingerprint density at radius 1 is 0.871 bits per heavy atom. The number of allylic oxidation sites excluding steroid dienone is 2. The molecule has 4 rings (SSSR count). The molecule has 31 heavy (non-hydrogen) atoms. The predicted octanol–water partition coefficient (Wildman–Crippen LogP) is 8.27. The molecule has 1 N–H and O–H groups in total. The largest absolute Gasteiger partial charge is 0.393 e. The van der Waals surface area contributed by atoms with Crippen molar-refractivity contribution in [1.29, 1.82) is 0 Å². The van der Waals surface area contributed by atoms with Crippen LogP contribution in [0, 0.1) is 57.7 Å². The SMILES string of the molecule is CC(C)[C@@H](C)CC[C@@H](C)[C@H]1CC[C@H]2C3=CC[C@H]4C(C)(C)[C@@H](O)CC[C@]4(C)[C@H]3CC[C@]12C. The van der Waals surface area contributed by atoms with Crippen LogP contribution in [0.2, 0.25) is 0 Å². The standard InChI is InChI=1S/C30H52O/c1-19(2)20(3)9-10-21(4)23-12-13-24-22-11-14-26-28(5,6)27(31)16-18-30(26,8)25(22)15-17-29(23,24)7/h11,19-21,23-27,31H,9-10,12-18H2,1-8H3/t20-,21+,23+,24-,25-,26-,27-,29+,30+/m0/s1. The summed E-state index contributed by atoms with van der Waals surface area (Å²) in [5.41, 5.74) is 2.83. The number of hydrogen-bond acceptors (Lipinski definition) is 1. The minimum Gasteiger partial charge on any atom is -0.393 e. The second kappa shape index (κ2) is 8.18. The van der Waals surface area contributed by atoms with E-state index in [0.29, 0.717) is 16.7 Å². The van der Waals surface area contributed by atoms with Gasteiger partial charge in [0, 0.05) is 0 Å². The molecule has 1 nitrogen and oxygen atoms in total. The molecule has 0 aromatic heterocycles. The smallest absolute Gasteiger partial charge is 0.0594 e. The van der Waals surface area contributed by atoms with E-state index in [4.69, 9.17) is 0 Å². The van der Waals surface area contributed by atoms with Crippen molar-refractivity contribution in [3.8, 4) is 0 Å². The van der Waals surface area contributed by atoms with Crippen LogP contribution in [0.4, 0.5) is 0 Å². The van der Waals surface area contributed by atoms with Crippen molar-refractivity contribution in [2.45, 2.75) is 119 Å². The summed E-state index contributed by atoms with van der Waals surface area (Å²) in [5.74, 6) is 5.67. The third-order valence-corrected chi connectivity index (χ3v) is 12.0. The molecule has 3 fully saturated rings. The molecule has 0 heterocycles. The van der Waals surface area contributed by atoms with Gasteiger partial charge in [-0.15, -0.1) is 0 Å². The molecular weight excluding hydrogens is 376 g/mol. The van der Waals surface area contributed by atoms with Gasteiger partial charge in [-0.1, -0.05) is 79.9 Å². The van der Waals surface area contributed by atoms with E-state index in [1.54, 1.807) is 0 Å². The van der Waals surface area contributed by atoms with Crippen LogP contribution in [-0.2, 0) is 0 Å². The van der Waals surface area contributed by atoms with E-state index < -0.39 is 0 Å². The molecule has 0 aliphatic heterocycles. The molecule has 1 heteroatoms. The molecule has 0 saturated heterocycles. The Kier molecular flexibility index (Phi) is 6.29. The van der Waals surface area contributed by atoms with Crippen LogP contribution in [-0.4, -0.2) is 11.2 Å². The maximum atomic E-state index is 10.8. The molecule has 0 spiro atoms. The van der Waals surface area contributed by atoms with Gasteiger partial charge in [0.25, 0.3) is 0 Å². The zero-order chi connectivity index (χ0) is 22.8. The Bertz CT molecular complexity index is 689. The lowest BCUT2D eigenvalue weighted by Crippen LogP contribution is -2.56. The molecule has 0 unspecified atom stereocenters. The summed E-state index contributed by atoms with van der Waals surface area (Å²) in [6, 6.07) is 0. The lowest BCUT2D eigenvalue weighted by molar-refractivity contribution is -0.125. The van der Waals surface area contributed by atoms with Crippen LogP contribution < -0.4 is 0 Å². The Labute approximate surface area is 193 Å². The van der Waals surface area contributed by atoms with Crippen LogP contribution >= 0.6 is 0 Å². The fourth-order valence-electron chi connectivity index (χ4n) is 9.35. The highest BCUT2D eigenvalue weighted by Gasteiger charge is 2.61. The fourth-order valence-corrected chi connectivity index (χ4v) is 9.35. The second-order valence-corrected chi connectivity index (χ2v) is 14.0. The summed E-state index contributed by atoms with van der Waals surface area (Å²) in [5, 5.41) is 10.8. The minimum atomic E-state index is -0.126. The number of hydrogen-bond donors (Lipinski definition) is 1. The van der Waals surface area contributed by atoms with Crippen molar-refractivity contribution in [2.75, 3.05) is 0 Å². The highest BCUT2D eigenvalue weighted by Crippen LogP contribution is 2.68. The molecule has 4 aliphatic carbocycles. The fraction of sp³-hybridized carbons (Fsp3) is 0.933. The van der Waals surface area contributed by atoms with Crippen molar-refractivity contribution in [2.24, 2.45) is 57.7 Å². The van der Waals surface area contributed by atoms with E-state index in [0.717, 1.165) is 41.9 Å². The molecule has 178 valence electrons. The first kappa shape index (κ1) is 23.8. The van der Waals surface area contributed by atoms with Gasteiger partial charge in [-0.25, -0.2) is 0 Å². The van der Waals surface area contributed by atoms with Gasteiger partial charge >= 0.3 is 0 Å². The highest BCUT2D eigenvalue weighted by atomic mass is 16.3. The molecule has 0 aromatic carbocycles. The normalized spacial score (nSPS) is 46.0. The Hall–Kier alpha value is -0.300. The molecule has 3 saturated carbocycles. The molecule has 0 aromatic rings. The van der Waals surface area contributed by atoms with Crippen LogP contribution in [0.15, 0.2) is 11.6 Å². The summed E-state index contributed by atoms with van der Waals surface area (Å²) < 4.78 is 0. The number of fused-ring (bicyclic) bond motifs is 5. The van der Waals surface area contributed by atoms with Crippen molar-refractivity contribution in [1.82, 2.24) is 0 Å². The first-order valence-corrected chi connectivity index (χ1v) is 13.8. The zero-order valence-electron chi connectivity index (χ0n) is 22.0. The molecule has 0 amide bonds. The van der Waals surface area contributed by atoms with Crippen molar-refractivity contribution in [3.63, 3.8) is 0 Å². The van der Waals surface area contributed by atoms with Crippen LogP contribution in [0.3, 0.4) is 0 Å². The van der Waals surface area contributed by atoms with Gasteiger partial charge in [-0.05, 0) is 103 Å². The zero-order valence-corrected chi connectivity index (χ0v) is 22.0. The van der Waals surface area contributed by atoms with Gasteiger partial charge in [0.15, 0.2) is 0 Å². The summed E-state index contributed by atoms with van der Waals surface area (Å²) in [7, 11) is 0. The van der Waals surface area contributed by atoms with Crippen LogP contribution in [0.25, 0.3) is 0 Å². The average molecular weight is 429 g/mol. The summed E-state index contributed by atoms with van der Waals surface area (Å²) in [6.07, 6.45) is 14.5. The van der Waals surface area contributed by atoms with E-state index in [2.05, 4.69) is 61.5 Å². The van der Waals surface area contributed by atoms with Gasteiger partial charge in [-0.3, -0.25) is 0 Å². The number of aliphatic hydroxyl groups is 1. The van der Waals surface area contributed by atoms with Crippen molar-refractivity contribution >= 4 is 0 Å². The lowest BCUT2D eigenvalue weighted by atomic mass is 9.43. The lowest BCUT2D eigenvalue weighted by Gasteiger charge is -2.62. The first-order valence-electron chi connectivity index (χ1n) is 13.8. The van der Waals surface area contributed by atoms with Crippen LogP contribution in [0.5, 0.6) is 0 Å². The number of rotatable bonds is 5. The predicted molar refractivity (Wildman–Crippen MR) is 133 cm³/mol. The van der Waals surface area contributed by atoms with E-state index in [-0.39, 0.29) is 11.5 Å². The van der Waals surface area contributed by atoms with E-state index >= 15 is 0 Å².